The van der Waals surface area contributed by atoms with Crippen molar-refractivity contribution in [2.75, 3.05) is 13.1 Å². The molecule has 2 aromatic heterocycles. The van der Waals surface area contributed by atoms with E-state index >= 15 is 0 Å². The van der Waals surface area contributed by atoms with Crippen LogP contribution in [0.3, 0.4) is 0 Å². The Morgan fingerprint density at radius 1 is 1.17 bits per heavy atom. The first-order valence-corrected chi connectivity index (χ1v) is 11.1. The third-order valence-electron chi connectivity index (χ3n) is 5.59. The molecule has 29 heavy (non-hydrogen) atoms. The standard InChI is InChI=1S/C21H28N4O3S/c1-21(2,3)28-20(27)25-9-8-24(16-6-4-5-7-17(16)25)19(26)14-10-18(29-13-14)15-11-22-23-12-15/h10-13,16-17H,4-9H2,1-3H3,(H,22,23). The number of rotatable bonds is 2. The average Bonchev–Trinajstić information content (AvgIpc) is 3.36. The number of carbonyl (C=O) groups is 2. The zero-order valence-electron chi connectivity index (χ0n) is 17.2. The number of ether oxygens (including phenoxy) is 1. The highest BCUT2D eigenvalue weighted by molar-refractivity contribution is 7.13. The summed E-state index contributed by atoms with van der Waals surface area (Å²) in [7, 11) is 0. The van der Waals surface area contributed by atoms with E-state index in [2.05, 4.69) is 10.2 Å². The highest BCUT2D eigenvalue weighted by atomic mass is 32.1. The Morgan fingerprint density at radius 3 is 2.52 bits per heavy atom. The number of nitrogens with one attached hydrogen (secondary N) is 1. The van der Waals surface area contributed by atoms with Crippen LogP contribution in [0.4, 0.5) is 4.79 Å². The van der Waals surface area contributed by atoms with Gasteiger partial charge in [-0.25, -0.2) is 4.79 Å². The van der Waals surface area contributed by atoms with Crippen molar-refractivity contribution in [3.63, 3.8) is 0 Å². The minimum Gasteiger partial charge on any atom is -0.444 e. The number of fused-ring (bicyclic) bond motifs is 1. The Morgan fingerprint density at radius 2 is 1.86 bits per heavy atom. The van der Waals surface area contributed by atoms with Gasteiger partial charge in [0.2, 0.25) is 0 Å². The Bertz CT molecular complexity index is 871. The number of piperazine rings is 1. The second-order valence-electron chi connectivity index (χ2n) is 8.78. The second kappa shape index (κ2) is 7.82. The molecule has 1 aliphatic carbocycles. The number of aromatic nitrogens is 2. The van der Waals surface area contributed by atoms with Gasteiger partial charge in [-0.15, -0.1) is 11.3 Å². The van der Waals surface area contributed by atoms with Crippen molar-refractivity contribution < 1.29 is 14.3 Å². The average molecular weight is 417 g/mol. The van der Waals surface area contributed by atoms with Gasteiger partial charge in [-0.1, -0.05) is 12.8 Å². The van der Waals surface area contributed by atoms with Crippen LogP contribution in [0.2, 0.25) is 0 Å². The van der Waals surface area contributed by atoms with Gasteiger partial charge in [-0.3, -0.25) is 9.89 Å². The lowest BCUT2D eigenvalue weighted by molar-refractivity contribution is -0.0257. The highest BCUT2D eigenvalue weighted by Gasteiger charge is 2.43. The molecule has 0 spiro atoms. The molecule has 7 nitrogen and oxygen atoms in total. The zero-order valence-corrected chi connectivity index (χ0v) is 18.0. The molecule has 2 atom stereocenters. The Kier molecular flexibility index (Phi) is 5.38. The Hall–Kier alpha value is -2.35. The largest absolute Gasteiger partial charge is 0.444 e. The van der Waals surface area contributed by atoms with Crippen LogP contribution in [-0.2, 0) is 4.74 Å². The first-order chi connectivity index (χ1) is 13.8. The van der Waals surface area contributed by atoms with Crippen LogP contribution in [-0.4, -0.2) is 62.8 Å². The minimum atomic E-state index is -0.519. The quantitative estimate of drug-likeness (QED) is 0.798. The summed E-state index contributed by atoms with van der Waals surface area (Å²) >= 11 is 1.55. The molecule has 2 aromatic rings. The molecule has 2 unspecified atom stereocenters. The lowest BCUT2D eigenvalue weighted by Crippen LogP contribution is -2.63. The van der Waals surface area contributed by atoms with Crippen molar-refractivity contribution in [2.45, 2.75) is 64.1 Å². The van der Waals surface area contributed by atoms with Crippen LogP contribution < -0.4 is 0 Å². The number of aromatic amines is 1. The molecular weight excluding hydrogens is 388 g/mol. The fourth-order valence-corrected chi connectivity index (χ4v) is 5.18. The third kappa shape index (κ3) is 4.17. The molecule has 0 bridgehead atoms. The normalized spacial score (nSPS) is 22.3. The number of amides is 2. The van der Waals surface area contributed by atoms with Crippen molar-refractivity contribution >= 4 is 23.3 Å². The van der Waals surface area contributed by atoms with Crippen molar-refractivity contribution in [1.29, 1.82) is 0 Å². The molecule has 0 aromatic carbocycles. The van der Waals surface area contributed by atoms with E-state index < -0.39 is 5.60 Å². The third-order valence-corrected chi connectivity index (χ3v) is 6.57. The maximum Gasteiger partial charge on any atom is 0.410 e. The molecule has 1 aliphatic heterocycles. The SMILES string of the molecule is CC(C)(C)OC(=O)N1CCN(C(=O)c2csc(-c3cn[nH]c3)c2)C2CCCCC21. The number of thiophene rings is 1. The molecule has 1 saturated carbocycles. The van der Waals surface area contributed by atoms with Gasteiger partial charge in [0.15, 0.2) is 0 Å². The summed E-state index contributed by atoms with van der Waals surface area (Å²) in [5.74, 6) is 0.0525. The maximum absolute atomic E-state index is 13.3. The molecule has 8 heteroatoms. The second-order valence-corrected chi connectivity index (χ2v) is 9.69. The predicted octanol–water partition coefficient (Wildman–Crippen LogP) is 4.14. The van der Waals surface area contributed by atoms with E-state index in [-0.39, 0.29) is 24.1 Å². The lowest BCUT2D eigenvalue weighted by atomic mass is 9.86. The smallest absolute Gasteiger partial charge is 0.410 e. The number of nitrogens with zero attached hydrogens (tertiary/aromatic N) is 3. The van der Waals surface area contributed by atoms with Gasteiger partial charge in [0.25, 0.3) is 5.91 Å². The zero-order chi connectivity index (χ0) is 20.6. The number of H-pyrrole nitrogens is 1. The van der Waals surface area contributed by atoms with Gasteiger partial charge < -0.3 is 14.5 Å². The molecule has 1 N–H and O–H groups in total. The van der Waals surface area contributed by atoms with E-state index in [9.17, 15) is 9.59 Å². The lowest BCUT2D eigenvalue weighted by Gasteiger charge is -2.49. The predicted molar refractivity (Wildman–Crippen MR) is 112 cm³/mol. The molecule has 4 rings (SSSR count). The van der Waals surface area contributed by atoms with Crippen molar-refractivity contribution in [2.24, 2.45) is 0 Å². The maximum atomic E-state index is 13.3. The van der Waals surface area contributed by atoms with Crippen LogP contribution in [0.25, 0.3) is 10.4 Å². The van der Waals surface area contributed by atoms with Gasteiger partial charge in [-0.05, 0) is 39.7 Å². The molecule has 2 aliphatic rings. The van der Waals surface area contributed by atoms with Crippen LogP contribution in [0.15, 0.2) is 23.8 Å². The highest BCUT2D eigenvalue weighted by Crippen LogP contribution is 2.34. The van der Waals surface area contributed by atoms with E-state index in [1.165, 1.54) is 0 Å². The number of carbonyl (C=O) groups excluding carboxylic acids is 2. The molecule has 2 fully saturated rings. The minimum absolute atomic E-state index is 0.0308. The summed E-state index contributed by atoms with van der Waals surface area (Å²) in [5.41, 5.74) is 1.18. The summed E-state index contributed by atoms with van der Waals surface area (Å²) < 4.78 is 5.63. The number of hydrogen-bond acceptors (Lipinski definition) is 5. The number of hydrogen-bond donors (Lipinski definition) is 1. The van der Waals surface area contributed by atoms with Gasteiger partial charge in [0.1, 0.15) is 5.60 Å². The molecule has 1 saturated heterocycles. The van der Waals surface area contributed by atoms with Gasteiger partial charge in [-0.2, -0.15) is 5.10 Å². The monoisotopic (exact) mass is 416 g/mol. The van der Waals surface area contributed by atoms with Gasteiger partial charge in [0.05, 0.1) is 23.8 Å². The van der Waals surface area contributed by atoms with Crippen molar-refractivity contribution in [3.05, 3.63) is 29.4 Å². The van der Waals surface area contributed by atoms with Crippen molar-refractivity contribution in [1.82, 2.24) is 20.0 Å². The summed E-state index contributed by atoms with van der Waals surface area (Å²) in [5, 5.41) is 8.71. The van der Waals surface area contributed by atoms with Crippen LogP contribution >= 0.6 is 11.3 Å². The molecule has 0 radical (unpaired) electrons. The van der Waals surface area contributed by atoms with Gasteiger partial charge >= 0.3 is 6.09 Å². The summed E-state index contributed by atoms with van der Waals surface area (Å²) in [6, 6.07) is 2.02. The van der Waals surface area contributed by atoms with E-state index in [0.717, 1.165) is 36.1 Å². The molecule has 2 amide bonds. The van der Waals surface area contributed by atoms with Crippen LogP contribution in [0.5, 0.6) is 0 Å². The summed E-state index contributed by atoms with van der Waals surface area (Å²) in [6.45, 7) is 6.71. The first-order valence-electron chi connectivity index (χ1n) is 10.2. The Balaban J connectivity index is 1.52. The fourth-order valence-electron chi connectivity index (χ4n) is 4.32. The molecule has 3 heterocycles. The molecule has 156 valence electrons. The summed E-state index contributed by atoms with van der Waals surface area (Å²) in [6.07, 6.45) is 7.32. The molecular formula is C21H28N4O3S. The van der Waals surface area contributed by atoms with Crippen LogP contribution in [0.1, 0.15) is 56.8 Å². The summed E-state index contributed by atoms with van der Waals surface area (Å²) in [4.78, 5) is 30.9. The van der Waals surface area contributed by atoms with E-state index in [4.69, 9.17) is 4.74 Å². The van der Waals surface area contributed by atoms with E-state index in [1.54, 1.807) is 17.5 Å². The van der Waals surface area contributed by atoms with Gasteiger partial charge in [0, 0.05) is 35.1 Å². The van der Waals surface area contributed by atoms with Crippen LogP contribution in [0, 0.1) is 0 Å². The first kappa shape index (κ1) is 19.9. The van der Waals surface area contributed by atoms with E-state index in [0.29, 0.717) is 18.7 Å². The topological polar surface area (TPSA) is 78.5 Å². The van der Waals surface area contributed by atoms with Crippen molar-refractivity contribution in [3.8, 4) is 10.4 Å². The fraction of sp³-hybridized carbons (Fsp3) is 0.571. The van der Waals surface area contributed by atoms with E-state index in [1.807, 2.05) is 48.2 Å². The Labute approximate surface area is 175 Å².